The lowest BCUT2D eigenvalue weighted by Gasteiger charge is -2.44. The second kappa shape index (κ2) is 11.9. The fraction of sp³-hybridized carbons (Fsp3) is 0.515. The number of hydrogen-bond acceptors (Lipinski definition) is 5. The number of ether oxygens (including phenoxy) is 1. The predicted octanol–water partition coefficient (Wildman–Crippen LogP) is 3.89. The standard InChI is InChI=1S/C33H41N5O5/c1-34-29(40)33(38-21-32(14-15-32)20-35-30(38)41)17-24-12-13-26(16-25(24)18-33)36-28(39)27(23-10-6-3-7-11-23)37-31(42)43-19-22-8-4-2-5-9-22/h2,4-5,8-9,12-13,16,23,27H,3,6-7,10-11,14-15,17-21H2,1H3,(H,34,40)(H,35,41)(H,36,39)(H,37,42)/t27-,33?/m0/s1. The van der Waals surface area contributed by atoms with Crippen LogP contribution < -0.4 is 21.3 Å². The van der Waals surface area contributed by atoms with E-state index < -0.39 is 17.7 Å². The van der Waals surface area contributed by atoms with Gasteiger partial charge in [0, 0.05) is 44.1 Å². The van der Waals surface area contributed by atoms with E-state index in [0.717, 1.165) is 61.6 Å². The van der Waals surface area contributed by atoms with Crippen LogP contribution in [0, 0.1) is 11.3 Å². The minimum atomic E-state index is -1.02. The van der Waals surface area contributed by atoms with E-state index in [1.165, 1.54) is 0 Å². The van der Waals surface area contributed by atoms with Gasteiger partial charge in [0.2, 0.25) is 11.8 Å². The molecule has 5 amide bonds. The first kappa shape index (κ1) is 29.0. The van der Waals surface area contributed by atoms with E-state index in [9.17, 15) is 19.2 Å². The Morgan fingerprint density at radius 3 is 2.49 bits per heavy atom. The molecule has 1 heterocycles. The van der Waals surface area contributed by atoms with Gasteiger partial charge in [-0.1, -0.05) is 55.7 Å². The van der Waals surface area contributed by atoms with Gasteiger partial charge in [-0.2, -0.15) is 0 Å². The molecule has 2 atom stereocenters. The number of urea groups is 1. The first-order chi connectivity index (χ1) is 20.8. The Morgan fingerprint density at radius 1 is 1.02 bits per heavy atom. The van der Waals surface area contributed by atoms with Crippen molar-refractivity contribution in [1.82, 2.24) is 20.9 Å². The average molecular weight is 588 g/mol. The number of fused-ring (bicyclic) bond motifs is 1. The van der Waals surface area contributed by atoms with E-state index in [2.05, 4.69) is 21.3 Å². The lowest BCUT2D eigenvalue weighted by molar-refractivity contribution is -0.131. The van der Waals surface area contributed by atoms with Gasteiger partial charge in [0.05, 0.1) is 0 Å². The highest BCUT2D eigenvalue weighted by Gasteiger charge is 2.57. The van der Waals surface area contributed by atoms with Gasteiger partial charge in [-0.25, -0.2) is 9.59 Å². The fourth-order valence-electron chi connectivity index (χ4n) is 7.10. The number of hydrogen-bond donors (Lipinski definition) is 4. The number of nitrogens with zero attached hydrogens (tertiary/aromatic N) is 1. The highest BCUT2D eigenvalue weighted by molar-refractivity contribution is 5.97. The Labute approximate surface area is 252 Å². The van der Waals surface area contributed by atoms with Crippen molar-refractivity contribution in [3.8, 4) is 0 Å². The summed E-state index contributed by atoms with van der Waals surface area (Å²) in [4.78, 5) is 54.6. The maximum atomic E-state index is 13.7. The van der Waals surface area contributed by atoms with Crippen LogP contribution in [0.5, 0.6) is 0 Å². The smallest absolute Gasteiger partial charge is 0.408 e. The van der Waals surface area contributed by atoms with Crippen molar-refractivity contribution in [3.63, 3.8) is 0 Å². The van der Waals surface area contributed by atoms with Crippen molar-refractivity contribution in [2.75, 3.05) is 25.5 Å². The van der Waals surface area contributed by atoms with E-state index >= 15 is 0 Å². The van der Waals surface area contributed by atoms with E-state index in [4.69, 9.17) is 4.74 Å². The van der Waals surface area contributed by atoms with E-state index in [1.807, 2.05) is 48.5 Å². The van der Waals surface area contributed by atoms with Gasteiger partial charge < -0.3 is 30.9 Å². The quantitative estimate of drug-likeness (QED) is 0.373. The zero-order valence-corrected chi connectivity index (χ0v) is 24.7. The summed E-state index contributed by atoms with van der Waals surface area (Å²) >= 11 is 0. The van der Waals surface area contributed by atoms with Crippen molar-refractivity contribution >= 4 is 29.6 Å². The molecule has 1 unspecified atom stereocenters. The first-order valence-corrected chi connectivity index (χ1v) is 15.5. The number of nitrogens with one attached hydrogen (secondary N) is 4. The molecule has 6 rings (SSSR count). The summed E-state index contributed by atoms with van der Waals surface area (Å²) in [6.07, 6.45) is 7.13. The number of carbonyl (C=O) groups is 4. The third kappa shape index (κ3) is 6.05. The monoisotopic (exact) mass is 587 g/mol. The predicted molar refractivity (Wildman–Crippen MR) is 161 cm³/mol. The van der Waals surface area contributed by atoms with Crippen LogP contribution in [0.2, 0.25) is 0 Å². The summed E-state index contributed by atoms with van der Waals surface area (Å²) in [5.41, 5.74) is 2.42. The SMILES string of the molecule is CNC(=O)C1(N2CC3(CC3)CNC2=O)Cc2ccc(NC(=O)[C@@H](NC(=O)OCc3ccccc3)C3CCCCC3)cc2C1. The summed E-state index contributed by atoms with van der Waals surface area (Å²) in [6.45, 7) is 1.35. The van der Waals surface area contributed by atoms with Crippen LogP contribution in [0.15, 0.2) is 48.5 Å². The van der Waals surface area contributed by atoms with Gasteiger partial charge in [-0.15, -0.1) is 0 Å². The van der Waals surface area contributed by atoms with Gasteiger partial charge >= 0.3 is 12.1 Å². The maximum absolute atomic E-state index is 13.7. The summed E-state index contributed by atoms with van der Waals surface area (Å²) in [7, 11) is 1.61. The van der Waals surface area contributed by atoms with Crippen molar-refractivity contribution in [2.24, 2.45) is 11.3 Å². The van der Waals surface area contributed by atoms with Crippen LogP contribution in [0.1, 0.15) is 61.6 Å². The van der Waals surface area contributed by atoms with E-state index in [1.54, 1.807) is 11.9 Å². The van der Waals surface area contributed by atoms with Gasteiger partial charge in [0.15, 0.2) is 0 Å². The van der Waals surface area contributed by atoms with Crippen molar-refractivity contribution in [3.05, 3.63) is 65.2 Å². The van der Waals surface area contributed by atoms with Crippen molar-refractivity contribution in [2.45, 2.75) is 76.0 Å². The van der Waals surface area contributed by atoms with Crippen LogP contribution in [0.4, 0.5) is 15.3 Å². The number of alkyl carbamates (subject to hydrolysis) is 1. The molecule has 228 valence electrons. The molecule has 1 spiro atoms. The molecular weight excluding hydrogens is 546 g/mol. The fourth-order valence-corrected chi connectivity index (χ4v) is 7.10. The lowest BCUT2D eigenvalue weighted by atomic mass is 9.83. The average Bonchev–Trinajstić information content (AvgIpc) is 3.68. The Kier molecular flexibility index (Phi) is 8.03. The lowest BCUT2D eigenvalue weighted by Crippen LogP contribution is -2.67. The minimum Gasteiger partial charge on any atom is -0.445 e. The van der Waals surface area contributed by atoms with Crippen molar-refractivity contribution < 1.29 is 23.9 Å². The molecule has 4 N–H and O–H groups in total. The number of anilines is 1. The molecule has 2 aromatic carbocycles. The third-order valence-corrected chi connectivity index (χ3v) is 9.81. The third-order valence-electron chi connectivity index (χ3n) is 9.81. The van der Waals surface area contributed by atoms with Crippen LogP contribution >= 0.6 is 0 Å². The molecular formula is C33H41N5O5. The summed E-state index contributed by atoms with van der Waals surface area (Å²) in [5, 5.41) is 11.7. The van der Waals surface area contributed by atoms with Crippen LogP contribution in [-0.2, 0) is 33.8 Å². The molecule has 4 aliphatic rings. The zero-order valence-electron chi connectivity index (χ0n) is 24.7. The molecule has 2 saturated carbocycles. The molecule has 1 saturated heterocycles. The normalized spacial score (nSPS) is 23.1. The molecule has 43 heavy (non-hydrogen) atoms. The number of likely N-dealkylation sites (N-methyl/N-ethyl adjacent to an activating group) is 1. The van der Waals surface area contributed by atoms with Crippen LogP contribution in [0.3, 0.4) is 0 Å². The molecule has 0 aromatic heterocycles. The van der Waals surface area contributed by atoms with Gasteiger partial charge in [0.25, 0.3) is 0 Å². The first-order valence-electron chi connectivity index (χ1n) is 15.5. The van der Waals surface area contributed by atoms with Gasteiger partial charge in [-0.05, 0) is 60.4 Å². The summed E-state index contributed by atoms with van der Waals surface area (Å²) in [5.74, 6) is -0.455. The molecule has 1 aliphatic heterocycles. The molecule has 2 aromatic rings. The Hall–Kier alpha value is -4.08. The molecule has 3 aliphatic carbocycles. The highest BCUT2D eigenvalue weighted by Crippen LogP contribution is 2.49. The second-order valence-corrected chi connectivity index (χ2v) is 12.8. The van der Waals surface area contributed by atoms with Crippen LogP contribution in [-0.4, -0.2) is 60.6 Å². The van der Waals surface area contributed by atoms with E-state index in [0.29, 0.717) is 31.6 Å². The minimum absolute atomic E-state index is 0.0145. The zero-order chi connectivity index (χ0) is 30.0. The van der Waals surface area contributed by atoms with Crippen molar-refractivity contribution in [1.29, 1.82) is 0 Å². The molecule has 0 bridgehead atoms. The largest absolute Gasteiger partial charge is 0.445 e. The second-order valence-electron chi connectivity index (χ2n) is 12.8. The molecule has 10 heteroatoms. The Balaban J connectivity index is 1.17. The Morgan fingerprint density at radius 2 is 1.77 bits per heavy atom. The molecule has 0 radical (unpaired) electrons. The summed E-state index contributed by atoms with van der Waals surface area (Å²) < 4.78 is 5.45. The number of carbonyl (C=O) groups excluding carboxylic acids is 4. The Bertz CT molecular complexity index is 1390. The number of rotatable bonds is 8. The van der Waals surface area contributed by atoms with Gasteiger partial charge in [-0.3, -0.25) is 9.59 Å². The maximum Gasteiger partial charge on any atom is 0.408 e. The topological polar surface area (TPSA) is 129 Å². The molecule has 10 nitrogen and oxygen atoms in total. The number of benzene rings is 2. The highest BCUT2D eigenvalue weighted by atomic mass is 16.5. The van der Waals surface area contributed by atoms with Crippen LogP contribution in [0.25, 0.3) is 0 Å². The number of amides is 5. The van der Waals surface area contributed by atoms with E-state index in [-0.39, 0.29) is 35.8 Å². The molecule has 3 fully saturated rings. The van der Waals surface area contributed by atoms with Gasteiger partial charge in [0.1, 0.15) is 18.2 Å². The summed E-state index contributed by atoms with van der Waals surface area (Å²) in [6, 6.07) is 14.2.